The van der Waals surface area contributed by atoms with Gasteiger partial charge in [0.2, 0.25) is 5.28 Å². The maximum absolute atomic E-state index is 12.2. The van der Waals surface area contributed by atoms with E-state index in [1.807, 2.05) is 6.92 Å². The van der Waals surface area contributed by atoms with Crippen LogP contribution in [0.25, 0.3) is 10.9 Å². The molecule has 0 aliphatic carbocycles. The van der Waals surface area contributed by atoms with Crippen LogP contribution >= 0.6 is 34.8 Å². The molecule has 0 spiro atoms. The second kappa shape index (κ2) is 4.84. The molecule has 0 aliphatic heterocycles. The topological polar surface area (TPSA) is 34.9 Å². The van der Waals surface area contributed by atoms with Crippen LogP contribution in [0.4, 0.5) is 0 Å². The Morgan fingerprint density at radius 3 is 2.65 bits per heavy atom. The third kappa shape index (κ3) is 2.28. The Hall–Kier alpha value is -0.770. The lowest BCUT2D eigenvalue weighted by Crippen LogP contribution is -2.22. The molecule has 0 amide bonds. The highest BCUT2D eigenvalue weighted by atomic mass is 35.5. The van der Waals surface area contributed by atoms with Gasteiger partial charge in [-0.05, 0) is 30.2 Å². The molecule has 0 bridgehead atoms. The molecule has 1 aromatic heterocycles. The van der Waals surface area contributed by atoms with Crippen molar-refractivity contribution in [2.75, 3.05) is 0 Å². The first-order valence-corrected chi connectivity index (χ1v) is 6.23. The Kier molecular flexibility index (Phi) is 3.61. The molecule has 0 atom stereocenters. The first kappa shape index (κ1) is 12.7. The van der Waals surface area contributed by atoms with Crippen molar-refractivity contribution in [3.8, 4) is 0 Å². The van der Waals surface area contributed by atoms with E-state index in [2.05, 4.69) is 4.98 Å². The number of nitrogens with zero attached hydrogens (tertiary/aromatic N) is 2. The van der Waals surface area contributed by atoms with Crippen LogP contribution in [-0.2, 0) is 6.54 Å². The average molecular weight is 292 g/mol. The van der Waals surface area contributed by atoms with E-state index in [0.717, 1.165) is 6.42 Å². The standard InChI is InChI=1S/C11H9Cl3N2O/c1-2-3-16-10(17)7-4-6(12)5-8(13)9(7)15-11(16)14/h4-5H,2-3H2,1H3. The van der Waals surface area contributed by atoms with Crippen LogP contribution in [0.3, 0.4) is 0 Å². The number of aromatic nitrogens is 2. The lowest BCUT2D eigenvalue weighted by atomic mass is 10.2. The van der Waals surface area contributed by atoms with Crippen LogP contribution < -0.4 is 5.56 Å². The van der Waals surface area contributed by atoms with Crippen molar-refractivity contribution >= 4 is 45.7 Å². The highest BCUT2D eigenvalue weighted by Crippen LogP contribution is 2.25. The van der Waals surface area contributed by atoms with Crippen LogP contribution in [0.5, 0.6) is 0 Å². The molecule has 1 heterocycles. The molecule has 0 saturated carbocycles. The van der Waals surface area contributed by atoms with Gasteiger partial charge in [0.15, 0.2) is 0 Å². The molecule has 0 saturated heterocycles. The molecule has 2 aromatic rings. The summed E-state index contributed by atoms with van der Waals surface area (Å²) in [5.41, 5.74) is 0.171. The predicted octanol–water partition coefficient (Wildman–Crippen LogP) is 3.77. The molecule has 90 valence electrons. The van der Waals surface area contributed by atoms with Gasteiger partial charge in [0.25, 0.3) is 5.56 Å². The van der Waals surface area contributed by atoms with Crippen LogP contribution in [0.2, 0.25) is 15.3 Å². The summed E-state index contributed by atoms with van der Waals surface area (Å²) >= 11 is 17.8. The van der Waals surface area contributed by atoms with Crippen molar-refractivity contribution < 1.29 is 0 Å². The van der Waals surface area contributed by atoms with Gasteiger partial charge in [-0.3, -0.25) is 9.36 Å². The van der Waals surface area contributed by atoms with E-state index in [-0.39, 0.29) is 10.8 Å². The molecule has 0 fully saturated rings. The lowest BCUT2D eigenvalue weighted by molar-refractivity contribution is 0.649. The fourth-order valence-corrected chi connectivity index (χ4v) is 2.42. The Balaban J connectivity index is 2.87. The van der Waals surface area contributed by atoms with Crippen molar-refractivity contribution in [1.29, 1.82) is 0 Å². The van der Waals surface area contributed by atoms with Gasteiger partial charge in [-0.1, -0.05) is 30.1 Å². The van der Waals surface area contributed by atoms with Crippen LogP contribution in [0.15, 0.2) is 16.9 Å². The summed E-state index contributed by atoms with van der Waals surface area (Å²) in [4.78, 5) is 16.3. The zero-order chi connectivity index (χ0) is 12.6. The van der Waals surface area contributed by atoms with Crippen LogP contribution in [-0.4, -0.2) is 9.55 Å². The Bertz CT molecular complexity index is 637. The zero-order valence-corrected chi connectivity index (χ0v) is 11.3. The molecule has 0 aliphatic rings. The van der Waals surface area contributed by atoms with Gasteiger partial charge in [-0.25, -0.2) is 4.98 Å². The second-order valence-corrected chi connectivity index (χ2v) is 4.80. The monoisotopic (exact) mass is 290 g/mol. The summed E-state index contributed by atoms with van der Waals surface area (Å²) in [6, 6.07) is 3.10. The molecule has 0 unspecified atom stereocenters. The van der Waals surface area contributed by atoms with E-state index in [1.54, 1.807) is 12.1 Å². The van der Waals surface area contributed by atoms with Gasteiger partial charge < -0.3 is 0 Å². The van der Waals surface area contributed by atoms with Crippen molar-refractivity contribution in [2.45, 2.75) is 19.9 Å². The molecule has 17 heavy (non-hydrogen) atoms. The van der Waals surface area contributed by atoms with E-state index < -0.39 is 0 Å². The molecule has 1 aromatic carbocycles. The number of rotatable bonds is 2. The normalized spacial score (nSPS) is 11.1. The summed E-state index contributed by atoms with van der Waals surface area (Å²) < 4.78 is 1.41. The fourth-order valence-electron chi connectivity index (χ4n) is 1.64. The SMILES string of the molecule is CCCn1c(Cl)nc2c(Cl)cc(Cl)cc2c1=O. The van der Waals surface area contributed by atoms with Crippen molar-refractivity contribution in [2.24, 2.45) is 0 Å². The van der Waals surface area contributed by atoms with Gasteiger partial charge in [-0.2, -0.15) is 0 Å². The first-order valence-electron chi connectivity index (χ1n) is 5.09. The van der Waals surface area contributed by atoms with E-state index in [0.29, 0.717) is 27.5 Å². The largest absolute Gasteiger partial charge is 0.283 e. The minimum absolute atomic E-state index is 0.147. The Labute approximate surface area is 113 Å². The molecule has 2 rings (SSSR count). The minimum atomic E-state index is -0.216. The minimum Gasteiger partial charge on any atom is -0.283 e. The van der Waals surface area contributed by atoms with Gasteiger partial charge in [-0.15, -0.1) is 0 Å². The second-order valence-electron chi connectivity index (χ2n) is 3.62. The van der Waals surface area contributed by atoms with E-state index in [1.165, 1.54) is 4.57 Å². The quantitative estimate of drug-likeness (QED) is 0.790. The van der Waals surface area contributed by atoms with Gasteiger partial charge in [0.1, 0.15) is 0 Å². The summed E-state index contributed by atoms with van der Waals surface area (Å²) in [7, 11) is 0. The van der Waals surface area contributed by atoms with E-state index >= 15 is 0 Å². The number of benzene rings is 1. The van der Waals surface area contributed by atoms with Crippen molar-refractivity contribution in [3.63, 3.8) is 0 Å². The Morgan fingerprint density at radius 1 is 1.29 bits per heavy atom. The maximum Gasteiger partial charge on any atom is 0.262 e. The molecule has 6 heteroatoms. The van der Waals surface area contributed by atoms with Crippen molar-refractivity contribution in [3.05, 3.63) is 37.8 Å². The molecule has 0 N–H and O–H groups in total. The third-order valence-electron chi connectivity index (χ3n) is 2.38. The van der Waals surface area contributed by atoms with E-state index in [4.69, 9.17) is 34.8 Å². The summed E-state index contributed by atoms with van der Waals surface area (Å²) in [5.74, 6) is 0. The van der Waals surface area contributed by atoms with Crippen molar-refractivity contribution in [1.82, 2.24) is 9.55 Å². The van der Waals surface area contributed by atoms with Gasteiger partial charge in [0.05, 0.1) is 15.9 Å². The molecular formula is C11H9Cl3N2O. The molecular weight excluding hydrogens is 282 g/mol. The molecule has 0 radical (unpaired) electrons. The maximum atomic E-state index is 12.2. The van der Waals surface area contributed by atoms with Gasteiger partial charge in [0, 0.05) is 11.6 Å². The summed E-state index contributed by atoms with van der Waals surface area (Å²) in [5, 5.41) is 1.27. The average Bonchev–Trinajstić information content (AvgIpc) is 2.26. The van der Waals surface area contributed by atoms with Crippen LogP contribution in [0.1, 0.15) is 13.3 Å². The highest BCUT2D eigenvalue weighted by Gasteiger charge is 2.12. The number of halogens is 3. The molecule has 3 nitrogen and oxygen atoms in total. The van der Waals surface area contributed by atoms with Gasteiger partial charge >= 0.3 is 0 Å². The van der Waals surface area contributed by atoms with Crippen LogP contribution in [0, 0.1) is 0 Å². The number of hydrogen-bond donors (Lipinski definition) is 0. The zero-order valence-electron chi connectivity index (χ0n) is 9.01. The predicted molar refractivity (Wildman–Crippen MR) is 71.3 cm³/mol. The third-order valence-corrected chi connectivity index (χ3v) is 3.17. The number of fused-ring (bicyclic) bond motifs is 1. The highest BCUT2D eigenvalue weighted by molar-refractivity contribution is 6.38. The Morgan fingerprint density at radius 2 is 2.00 bits per heavy atom. The fraction of sp³-hybridized carbons (Fsp3) is 0.273. The first-order chi connectivity index (χ1) is 8.04. The summed E-state index contributed by atoms with van der Waals surface area (Å²) in [6.45, 7) is 2.47. The number of hydrogen-bond acceptors (Lipinski definition) is 2. The van der Waals surface area contributed by atoms with E-state index in [9.17, 15) is 4.79 Å². The smallest absolute Gasteiger partial charge is 0.262 e. The lowest BCUT2D eigenvalue weighted by Gasteiger charge is -2.08. The summed E-state index contributed by atoms with van der Waals surface area (Å²) in [6.07, 6.45) is 0.793.